The summed E-state index contributed by atoms with van der Waals surface area (Å²) in [4.78, 5) is 26.1. The summed E-state index contributed by atoms with van der Waals surface area (Å²) in [5.74, 6) is -1.57. The topological polar surface area (TPSA) is 98.2 Å². The Balaban J connectivity index is 2.48. The highest BCUT2D eigenvalue weighted by molar-refractivity contribution is 9.10. The molecule has 8 heteroatoms. The average Bonchev–Trinajstić information content (AvgIpc) is 2.64. The van der Waals surface area contributed by atoms with Crippen molar-refractivity contribution in [3.63, 3.8) is 0 Å². The van der Waals surface area contributed by atoms with Gasteiger partial charge < -0.3 is 15.4 Å². The van der Waals surface area contributed by atoms with E-state index in [9.17, 15) is 9.59 Å². The highest BCUT2D eigenvalue weighted by atomic mass is 79.9. The minimum Gasteiger partial charge on any atom is -0.481 e. The zero-order valence-electron chi connectivity index (χ0n) is 9.67. The van der Waals surface area contributed by atoms with Crippen molar-refractivity contribution < 1.29 is 14.7 Å². The number of amides is 1. The number of carboxylic acid groups (broad SMARTS) is 1. The molecule has 0 radical (unpaired) electrons. The lowest BCUT2D eigenvalue weighted by molar-refractivity contribution is -0.133. The van der Waals surface area contributed by atoms with Crippen molar-refractivity contribution in [1.82, 2.24) is 9.55 Å². The third kappa shape index (κ3) is 3.27. The molecule has 3 N–H and O–H groups in total. The highest BCUT2D eigenvalue weighted by Crippen LogP contribution is 2.26. The van der Waals surface area contributed by atoms with Crippen LogP contribution in [0, 0.1) is 0 Å². The number of nitrogens with two attached hydrogens (primary N) is 1. The number of carbonyl (C=O) groups is 2. The van der Waals surface area contributed by atoms with Crippen molar-refractivity contribution >= 4 is 50.6 Å². The van der Waals surface area contributed by atoms with Gasteiger partial charge >= 0.3 is 5.97 Å². The predicted molar refractivity (Wildman–Crippen MR) is 75.0 cm³/mol. The van der Waals surface area contributed by atoms with Crippen molar-refractivity contribution in [3.8, 4) is 0 Å². The van der Waals surface area contributed by atoms with Gasteiger partial charge in [-0.3, -0.25) is 9.59 Å². The lowest BCUT2D eigenvalue weighted by Gasteiger charge is -2.05. The molecule has 0 atom stereocenters. The first kappa shape index (κ1) is 13.9. The van der Waals surface area contributed by atoms with Gasteiger partial charge in [0.2, 0.25) is 5.91 Å². The van der Waals surface area contributed by atoms with E-state index in [4.69, 9.17) is 10.8 Å². The third-order valence-corrected chi connectivity index (χ3v) is 3.77. The number of carbonyl (C=O) groups excluding carboxylic acids is 1. The van der Waals surface area contributed by atoms with Crippen LogP contribution in [0.4, 0.5) is 0 Å². The molecule has 100 valence electrons. The second-order valence-corrected chi connectivity index (χ2v) is 5.62. The second kappa shape index (κ2) is 5.62. The van der Waals surface area contributed by atoms with E-state index in [2.05, 4.69) is 20.9 Å². The predicted octanol–water partition coefficient (Wildman–Crippen LogP) is 1.46. The first-order chi connectivity index (χ1) is 8.97. The number of hydrogen-bond donors (Lipinski definition) is 2. The number of benzene rings is 1. The second-order valence-electron chi connectivity index (χ2n) is 3.76. The molecule has 1 amide bonds. The molecular weight excluding hydrogens is 334 g/mol. The van der Waals surface area contributed by atoms with Gasteiger partial charge in [-0.1, -0.05) is 27.7 Å². The number of carboxylic acids is 1. The quantitative estimate of drug-likeness (QED) is 0.801. The van der Waals surface area contributed by atoms with E-state index in [1.165, 1.54) is 0 Å². The Hall–Kier alpha value is -1.54. The highest BCUT2D eigenvalue weighted by Gasteiger charge is 2.14. The van der Waals surface area contributed by atoms with Gasteiger partial charge in [-0.25, -0.2) is 4.98 Å². The maximum Gasteiger partial charge on any atom is 0.313 e. The Labute approximate surface area is 121 Å². The van der Waals surface area contributed by atoms with Gasteiger partial charge in [-0.15, -0.1) is 0 Å². The molecule has 0 saturated carbocycles. The molecule has 0 aliphatic heterocycles. The van der Waals surface area contributed by atoms with Crippen LogP contribution in [0.5, 0.6) is 0 Å². The summed E-state index contributed by atoms with van der Waals surface area (Å²) in [5, 5.41) is 9.18. The molecular formula is C11H10BrN3O3S. The molecule has 0 spiro atoms. The molecule has 2 rings (SSSR count). The summed E-state index contributed by atoms with van der Waals surface area (Å²) in [6, 6.07) is 5.44. The first-order valence-electron chi connectivity index (χ1n) is 5.26. The van der Waals surface area contributed by atoms with Crippen molar-refractivity contribution in [2.75, 3.05) is 5.75 Å². The monoisotopic (exact) mass is 343 g/mol. The Kier molecular flexibility index (Phi) is 4.11. The van der Waals surface area contributed by atoms with E-state index in [1.807, 2.05) is 12.1 Å². The number of hydrogen-bond acceptors (Lipinski definition) is 4. The number of nitrogens with zero attached hydrogens (tertiary/aromatic N) is 2. The molecule has 0 saturated heterocycles. The number of imidazole rings is 1. The van der Waals surface area contributed by atoms with Crippen molar-refractivity contribution in [1.29, 1.82) is 0 Å². The van der Waals surface area contributed by atoms with E-state index in [0.29, 0.717) is 10.7 Å². The van der Waals surface area contributed by atoms with E-state index < -0.39 is 11.9 Å². The Morgan fingerprint density at radius 2 is 2.21 bits per heavy atom. The zero-order chi connectivity index (χ0) is 14.0. The Morgan fingerprint density at radius 1 is 1.47 bits per heavy atom. The summed E-state index contributed by atoms with van der Waals surface area (Å²) in [7, 11) is 0. The molecule has 1 heterocycles. The van der Waals surface area contributed by atoms with Crippen molar-refractivity contribution in [2.24, 2.45) is 5.73 Å². The zero-order valence-corrected chi connectivity index (χ0v) is 12.1. The summed E-state index contributed by atoms with van der Waals surface area (Å²) in [5.41, 5.74) is 6.64. The number of aromatic nitrogens is 2. The fraction of sp³-hybridized carbons (Fsp3) is 0.182. The van der Waals surface area contributed by atoms with Gasteiger partial charge in [-0.05, 0) is 18.2 Å². The lowest BCUT2D eigenvalue weighted by atomic mass is 10.3. The van der Waals surface area contributed by atoms with E-state index in [-0.39, 0.29) is 12.3 Å². The molecule has 2 aromatic rings. The first-order valence-corrected chi connectivity index (χ1v) is 7.04. The summed E-state index contributed by atoms with van der Waals surface area (Å²) in [6.45, 7) is -0.0328. The van der Waals surface area contributed by atoms with Crippen LogP contribution in [-0.2, 0) is 16.1 Å². The number of aliphatic carboxylic acids is 1. The molecule has 0 aliphatic carbocycles. The fourth-order valence-corrected chi connectivity index (χ4v) is 2.70. The Morgan fingerprint density at radius 3 is 2.84 bits per heavy atom. The van der Waals surface area contributed by atoms with Gasteiger partial charge in [0.05, 0.1) is 16.8 Å². The molecule has 19 heavy (non-hydrogen) atoms. The van der Waals surface area contributed by atoms with Crippen LogP contribution in [-0.4, -0.2) is 32.3 Å². The van der Waals surface area contributed by atoms with Crippen LogP contribution in [0.1, 0.15) is 0 Å². The van der Waals surface area contributed by atoms with Crippen LogP contribution in [0.25, 0.3) is 11.0 Å². The fourth-order valence-electron chi connectivity index (χ4n) is 1.62. The number of halogens is 1. The molecule has 0 bridgehead atoms. The molecule has 0 unspecified atom stereocenters. The molecule has 0 fully saturated rings. The molecule has 1 aromatic carbocycles. The number of fused-ring (bicyclic) bond motifs is 1. The smallest absolute Gasteiger partial charge is 0.313 e. The minimum atomic E-state index is -0.941. The lowest BCUT2D eigenvalue weighted by Crippen LogP contribution is -2.19. The molecule has 0 aliphatic rings. The maximum atomic E-state index is 11.1. The van der Waals surface area contributed by atoms with Gasteiger partial charge in [0.15, 0.2) is 5.16 Å². The van der Waals surface area contributed by atoms with Crippen molar-refractivity contribution in [3.05, 3.63) is 22.7 Å². The van der Waals surface area contributed by atoms with Crippen LogP contribution in [0.15, 0.2) is 27.8 Å². The summed E-state index contributed by atoms with van der Waals surface area (Å²) >= 11 is 4.40. The number of primary amides is 1. The Bertz CT molecular complexity index is 656. The summed E-state index contributed by atoms with van der Waals surface area (Å²) < 4.78 is 2.47. The van der Waals surface area contributed by atoms with Gasteiger partial charge in [0, 0.05) is 4.47 Å². The SMILES string of the molecule is NC(=O)Cn1c(SCC(=O)O)nc2ccc(Br)cc21. The summed E-state index contributed by atoms with van der Waals surface area (Å²) in [6.07, 6.45) is 0. The van der Waals surface area contributed by atoms with Gasteiger partial charge in [0.25, 0.3) is 0 Å². The number of rotatable bonds is 5. The van der Waals surface area contributed by atoms with E-state index in [0.717, 1.165) is 21.8 Å². The van der Waals surface area contributed by atoms with E-state index >= 15 is 0 Å². The van der Waals surface area contributed by atoms with Gasteiger partial charge in [-0.2, -0.15) is 0 Å². The van der Waals surface area contributed by atoms with E-state index in [1.54, 1.807) is 10.6 Å². The molecule has 1 aromatic heterocycles. The minimum absolute atomic E-state index is 0.0328. The van der Waals surface area contributed by atoms with Crippen LogP contribution < -0.4 is 5.73 Å². The average molecular weight is 344 g/mol. The normalized spacial score (nSPS) is 10.8. The standard InChI is InChI=1S/C11H10BrN3O3S/c12-6-1-2-7-8(3-6)15(4-9(13)16)11(14-7)19-5-10(17)18/h1-3H,4-5H2,(H2,13,16)(H,17,18). The van der Waals surface area contributed by atoms with Gasteiger partial charge in [0.1, 0.15) is 6.54 Å². The molecule has 6 nitrogen and oxygen atoms in total. The largest absolute Gasteiger partial charge is 0.481 e. The third-order valence-electron chi connectivity index (χ3n) is 2.31. The number of thioether (sulfide) groups is 1. The van der Waals surface area contributed by atoms with Crippen molar-refractivity contribution in [2.45, 2.75) is 11.7 Å². The maximum absolute atomic E-state index is 11.1. The van der Waals surface area contributed by atoms with Crippen LogP contribution >= 0.6 is 27.7 Å². The van der Waals surface area contributed by atoms with Crippen LogP contribution in [0.3, 0.4) is 0 Å². The van der Waals surface area contributed by atoms with Crippen LogP contribution in [0.2, 0.25) is 0 Å².